The van der Waals surface area contributed by atoms with Gasteiger partial charge in [-0.2, -0.15) is 0 Å². The second-order valence-corrected chi connectivity index (χ2v) is 7.64. The third kappa shape index (κ3) is 2.34. The van der Waals surface area contributed by atoms with E-state index in [1.807, 2.05) is 6.20 Å². The summed E-state index contributed by atoms with van der Waals surface area (Å²) >= 11 is 1.78. The summed E-state index contributed by atoms with van der Waals surface area (Å²) in [5, 5.41) is 7.17. The standard InChI is InChI=1S/C15H25N3S/c1-12-10-17-15(6-4-5-7-15)11-18(12)14(2,3)13-16-8-9-19-13/h8-9,12,17H,4-7,10-11H2,1-3H3. The zero-order chi connectivity index (χ0) is 13.5. The number of rotatable bonds is 2. The fraction of sp³-hybridized carbons (Fsp3) is 0.800. The van der Waals surface area contributed by atoms with Crippen LogP contribution in [0.15, 0.2) is 11.6 Å². The summed E-state index contributed by atoms with van der Waals surface area (Å²) in [7, 11) is 0. The average molecular weight is 279 g/mol. The van der Waals surface area contributed by atoms with E-state index in [9.17, 15) is 0 Å². The van der Waals surface area contributed by atoms with Gasteiger partial charge in [-0.05, 0) is 33.6 Å². The molecule has 1 aromatic heterocycles. The Balaban J connectivity index is 1.85. The first kappa shape index (κ1) is 13.5. The predicted octanol–water partition coefficient (Wildman–Crippen LogP) is 2.98. The van der Waals surface area contributed by atoms with E-state index in [1.54, 1.807) is 11.3 Å². The molecule has 3 rings (SSSR count). The van der Waals surface area contributed by atoms with Gasteiger partial charge in [0.2, 0.25) is 0 Å². The number of hydrogen-bond donors (Lipinski definition) is 1. The number of thiazole rings is 1. The van der Waals surface area contributed by atoms with Gasteiger partial charge in [-0.25, -0.2) is 4.98 Å². The van der Waals surface area contributed by atoms with Crippen LogP contribution in [0.1, 0.15) is 51.5 Å². The van der Waals surface area contributed by atoms with Crippen LogP contribution in [0, 0.1) is 0 Å². The summed E-state index contributed by atoms with van der Waals surface area (Å²) in [6, 6.07) is 0.574. The Hall–Kier alpha value is -0.450. The highest BCUT2D eigenvalue weighted by molar-refractivity contribution is 7.09. The maximum absolute atomic E-state index is 4.57. The van der Waals surface area contributed by atoms with Crippen molar-refractivity contribution in [3.05, 3.63) is 16.6 Å². The lowest BCUT2D eigenvalue weighted by atomic mass is 9.88. The third-order valence-corrected chi connectivity index (χ3v) is 6.10. The second kappa shape index (κ2) is 4.83. The smallest absolute Gasteiger partial charge is 0.112 e. The Morgan fingerprint density at radius 3 is 2.79 bits per heavy atom. The van der Waals surface area contributed by atoms with Crippen molar-refractivity contribution in [3.63, 3.8) is 0 Å². The molecule has 3 nitrogen and oxygen atoms in total. The van der Waals surface area contributed by atoms with E-state index in [0.29, 0.717) is 11.6 Å². The molecule has 1 unspecified atom stereocenters. The van der Waals surface area contributed by atoms with E-state index in [2.05, 4.69) is 41.4 Å². The number of piperazine rings is 1. The number of hydrogen-bond acceptors (Lipinski definition) is 4. The summed E-state index contributed by atoms with van der Waals surface area (Å²) in [6.07, 6.45) is 7.37. The molecule has 1 spiro atoms. The van der Waals surface area contributed by atoms with Gasteiger partial charge in [0.05, 0.1) is 5.54 Å². The zero-order valence-corrected chi connectivity index (χ0v) is 13.1. The van der Waals surface area contributed by atoms with E-state index in [-0.39, 0.29) is 5.54 Å². The average Bonchev–Trinajstić information content (AvgIpc) is 3.05. The van der Waals surface area contributed by atoms with Gasteiger partial charge in [-0.3, -0.25) is 4.90 Å². The second-order valence-electron chi connectivity index (χ2n) is 6.74. The summed E-state index contributed by atoms with van der Waals surface area (Å²) in [5.74, 6) is 0. The van der Waals surface area contributed by atoms with Crippen molar-refractivity contribution >= 4 is 11.3 Å². The van der Waals surface area contributed by atoms with Gasteiger partial charge >= 0.3 is 0 Å². The normalized spacial score (nSPS) is 28.1. The molecular formula is C15H25N3S. The number of nitrogens with one attached hydrogen (secondary N) is 1. The molecule has 1 saturated heterocycles. The first-order chi connectivity index (χ1) is 9.04. The minimum Gasteiger partial charge on any atom is -0.308 e. The van der Waals surface area contributed by atoms with Crippen molar-refractivity contribution in [1.29, 1.82) is 0 Å². The van der Waals surface area contributed by atoms with Crippen LogP contribution in [-0.4, -0.2) is 34.6 Å². The third-order valence-electron chi connectivity index (χ3n) is 5.01. The van der Waals surface area contributed by atoms with Gasteiger partial charge in [0.1, 0.15) is 5.01 Å². The summed E-state index contributed by atoms with van der Waals surface area (Å²) in [4.78, 5) is 7.24. The van der Waals surface area contributed by atoms with Crippen LogP contribution in [0.4, 0.5) is 0 Å². The van der Waals surface area contributed by atoms with E-state index in [0.717, 1.165) is 6.54 Å². The summed E-state index contributed by atoms with van der Waals surface area (Å²) in [6.45, 7) is 9.27. The fourth-order valence-corrected chi connectivity index (χ4v) is 4.57. The number of aromatic nitrogens is 1. The molecule has 1 atom stereocenters. The Labute approximate surface area is 120 Å². The van der Waals surface area contributed by atoms with Crippen molar-refractivity contribution < 1.29 is 0 Å². The maximum atomic E-state index is 4.57. The predicted molar refractivity (Wildman–Crippen MR) is 80.5 cm³/mol. The van der Waals surface area contributed by atoms with Crippen LogP contribution >= 0.6 is 11.3 Å². The quantitative estimate of drug-likeness (QED) is 0.902. The van der Waals surface area contributed by atoms with Gasteiger partial charge < -0.3 is 5.32 Å². The Morgan fingerprint density at radius 1 is 1.42 bits per heavy atom. The lowest BCUT2D eigenvalue weighted by Gasteiger charge is -2.51. The Kier molecular flexibility index (Phi) is 3.44. The molecule has 1 aromatic rings. The molecule has 1 aliphatic carbocycles. The fourth-order valence-electron chi connectivity index (χ4n) is 3.80. The highest BCUT2D eigenvalue weighted by atomic mass is 32.1. The maximum Gasteiger partial charge on any atom is 0.112 e. The summed E-state index contributed by atoms with van der Waals surface area (Å²) < 4.78 is 0. The zero-order valence-electron chi connectivity index (χ0n) is 12.3. The van der Waals surface area contributed by atoms with Crippen molar-refractivity contribution in [2.45, 2.75) is 63.6 Å². The van der Waals surface area contributed by atoms with Crippen molar-refractivity contribution in [2.24, 2.45) is 0 Å². The molecule has 0 bridgehead atoms. The van der Waals surface area contributed by atoms with Crippen molar-refractivity contribution in [2.75, 3.05) is 13.1 Å². The van der Waals surface area contributed by atoms with Crippen LogP contribution in [-0.2, 0) is 5.54 Å². The SMILES string of the molecule is CC1CNC2(CCCC2)CN1C(C)(C)c1nccs1. The van der Waals surface area contributed by atoms with Crippen molar-refractivity contribution in [3.8, 4) is 0 Å². The first-order valence-corrected chi connectivity index (χ1v) is 8.33. The van der Waals surface area contributed by atoms with Crippen LogP contribution in [0.3, 0.4) is 0 Å². The monoisotopic (exact) mass is 279 g/mol. The van der Waals surface area contributed by atoms with Crippen LogP contribution < -0.4 is 5.32 Å². The van der Waals surface area contributed by atoms with Crippen LogP contribution in [0.2, 0.25) is 0 Å². The molecule has 0 amide bonds. The Morgan fingerprint density at radius 2 is 2.16 bits per heavy atom. The van der Waals surface area contributed by atoms with E-state index in [4.69, 9.17) is 0 Å². The minimum absolute atomic E-state index is 0.0469. The van der Waals surface area contributed by atoms with E-state index < -0.39 is 0 Å². The van der Waals surface area contributed by atoms with E-state index >= 15 is 0 Å². The molecule has 1 aliphatic heterocycles. The topological polar surface area (TPSA) is 28.2 Å². The lowest BCUT2D eigenvalue weighted by Crippen LogP contribution is -2.66. The Bertz CT molecular complexity index is 421. The molecule has 19 heavy (non-hydrogen) atoms. The van der Waals surface area contributed by atoms with Gasteiger partial charge in [-0.15, -0.1) is 11.3 Å². The molecule has 1 saturated carbocycles. The largest absolute Gasteiger partial charge is 0.308 e. The highest BCUT2D eigenvalue weighted by Gasteiger charge is 2.45. The molecule has 2 aliphatic rings. The molecule has 2 fully saturated rings. The van der Waals surface area contributed by atoms with E-state index in [1.165, 1.54) is 37.2 Å². The molecule has 1 N–H and O–H groups in total. The van der Waals surface area contributed by atoms with Gasteiger partial charge in [0.15, 0.2) is 0 Å². The van der Waals surface area contributed by atoms with Gasteiger partial charge in [0.25, 0.3) is 0 Å². The molecule has 0 radical (unpaired) electrons. The molecule has 2 heterocycles. The highest BCUT2D eigenvalue weighted by Crippen LogP contribution is 2.39. The van der Waals surface area contributed by atoms with Gasteiger partial charge in [0, 0.05) is 36.2 Å². The summed E-state index contributed by atoms with van der Waals surface area (Å²) in [5.41, 5.74) is 0.423. The first-order valence-electron chi connectivity index (χ1n) is 7.45. The molecule has 0 aromatic carbocycles. The molecular weight excluding hydrogens is 254 g/mol. The van der Waals surface area contributed by atoms with Crippen LogP contribution in [0.25, 0.3) is 0 Å². The van der Waals surface area contributed by atoms with Crippen LogP contribution in [0.5, 0.6) is 0 Å². The lowest BCUT2D eigenvalue weighted by molar-refractivity contribution is 0.00549. The molecule has 106 valence electrons. The minimum atomic E-state index is 0.0469. The molecule has 4 heteroatoms. The van der Waals surface area contributed by atoms with Crippen molar-refractivity contribution in [1.82, 2.24) is 15.2 Å². The van der Waals surface area contributed by atoms with Gasteiger partial charge in [-0.1, -0.05) is 12.8 Å². The number of nitrogens with zero attached hydrogens (tertiary/aromatic N) is 2.